The molecular weight excluding hydrogens is 276 g/mol. The molecule has 0 radical (unpaired) electrons. The summed E-state index contributed by atoms with van der Waals surface area (Å²) in [4.78, 5) is 3.48. The first-order chi connectivity index (χ1) is 9.31. The summed E-state index contributed by atoms with van der Waals surface area (Å²) in [5.74, 6) is 0.941. The summed E-state index contributed by atoms with van der Waals surface area (Å²) in [7, 11) is 0. The van der Waals surface area contributed by atoms with Gasteiger partial charge in [0.1, 0.15) is 5.76 Å². The molecular formula is C14H16N2OS2. The molecule has 0 aliphatic heterocycles. The average molecular weight is 292 g/mol. The number of rotatable bonds is 5. The molecule has 0 spiro atoms. The molecule has 0 amide bonds. The number of thiocarbonyl (C=S) groups is 1. The molecule has 0 saturated heterocycles. The number of furan rings is 1. The van der Waals surface area contributed by atoms with Gasteiger partial charge in [0.05, 0.1) is 19.4 Å². The molecule has 1 fully saturated rings. The Balaban J connectivity index is 1.68. The van der Waals surface area contributed by atoms with Crippen LogP contribution in [0.5, 0.6) is 0 Å². The molecule has 1 aliphatic carbocycles. The van der Waals surface area contributed by atoms with Crippen molar-refractivity contribution in [2.24, 2.45) is 0 Å². The smallest absolute Gasteiger partial charge is 0.169 e. The highest BCUT2D eigenvalue weighted by Crippen LogP contribution is 2.20. The van der Waals surface area contributed by atoms with Gasteiger partial charge in [-0.2, -0.15) is 0 Å². The fourth-order valence-corrected chi connectivity index (χ4v) is 2.89. The lowest BCUT2D eigenvalue weighted by molar-refractivity contribution is 0.353. The van der Waals surface area contributed by atoms with Crippen LogP contribution in [0.1, 0.15) is 23.5 Å². The summed E-state index contributed by atoms with van der Waals surface area (Å²) in [6.45, 7) is 1.54. The molecule has 5 heteroatoms. The van der Waals surface area contributed by atoms with E-state index in [4.69, 9.17) is 16.6 Å². The van der Waals surface area contributed by atoms with Crippen molar-refractivity contribution >= 4 is 28.7 Å². The minimum absolute atomic E-state index is 0.579. The third kappa shape index (κ3) is 3.58. The highest BCUT2D eigenvalue weighted by Gasteiger charge is 2.24. The van der Waals surface area contributed by atoms with Gasteiger partial charge in [-0.3, -0.25) is 0 Å². The maximum absolute atomic E-state index is 5.52. The van der Waals surface area contributed by atoms with Gasteiger partial charge < -0.3 is 14.6 Å². The Morgan fingerprint density at radius 2 is 2.26 bits per heavy atom. The summed E-state index contributed by atoms with van der Waals surface area (Å²) >= 11 is 7.27. The van der Waals surface area contributed by atoms with Crippen LogP contribution in [0.25, 0.3) is 0 Å². The van der Waals surface area contributed by atoms with Gasteiger partial charge in [0.2, 0.25) is 0 Å². The number of hydrogen-bond acceptors (Lipinski definition) is 3. The third-order valence-corrected chi connectivity index (χ3v) is 4.28. The zero-order valence-corrected chi connectivity index (χ0v) is 12.2. The molecule has 1 saturated carbocycles. The molecule has 19 heavy (non-hydrogen) atoms. The number of nitrogens with one attached hydrogen (secondary N) is 1. The van der Waals surface area contributed by atoms with E-state index in [2.05, 4.69) is 27.7 Å². The highest BCUT2D eigenvalue weighted by molar-refractivity contribution is 7.80. The van der Waals surface area contributed by atoms with Crippen molar-refractivity contribution < 1.29 is 4.42 Å². The quantitative estimate of drug-likeness (QED) is 0.855. The molecule has 2 aromatic heterocycles. The van der Waals surface area contributed by atoms with E-state index in [9.17, 15) is 0 Å². The van der Waals surface area contributed by atoms with Gasteiger partial charge in [0.25, 0.3) is 0 Å². The van der Waals surface area contributed by atoms with Crippen LogP contribution >= 0.6 is 23.6 Å². The Morgan fingerprint density at radius 3 is 2.89 bits per heavy atom. The van der Waals surface area contributed by atoms with Crippen molar-refractivity contribution in [1.82, 2.24) is 10.2 Å². The van der Waals surface area contributed by atoms with Crippen LogP contribution in [0.15, 0.2) is 40.3 Å². The van der Waals surface area contributed by atoms with Crippen molar-refractivity contribution in [3.05, 3.63) is 46.5 Å². The van der Waals surface area contributed by atoms with Gasteiger partial charge in [-0.1, -0.05) is 6.07 Å². The van der Waals surface area contributed by atoms with Gasteiger partial charge >= 0.3 is 0 Å². The lowest BCUT2D eigenvalue weighted by Gasteiger charge is -2.24. The molecule has 0 atom stereocenters. The summed E-state index contributed by atoms with van der Waals surface area (Å²) in [6.07, 6.45) is 4.16. The van der Waals surface area contributed by atoms with E-state index in [-0.39, 0.29) is 0 Å². The predicted molar refractivity (Wildman–Crippen MR) is 81.0 cm³/mol. The van der Waals surface area contributed by atoms with Crippen LogP contribution in [0.3, 0.4) is 0 Å². The first-order valence-electron chi connectivity index (χ1n) is 6.41. The Morgan fingerprint density at radius 1 is 1.37 bits per heavy atom. The lowest BCUT2D eigenvalue weighted by atomic mass is 10.3. The van der Waals surface area contributed by atoms with Gasteiger partial charge in [-0.15, -0.1) is 11.3 Å². The number of thiophene rings is 1. The standard InChI is InChI=1S/C14H16N2OS2/c18-14(15-11-5-6-11)16(9-12-3-1-7-17-12)10-13-4-2-8-19-13/h1-4,7-8,11H,5-6,9-10H2,(H,15,18). The zero-order chi connectivity index (χ0) is 13.1. The summed E-state index contributed by atoms with van der Waals surface area (Å²) in [5, 5.41) is 6.32. The van der Waals surface area contributed by atoms with Gasteiger partial charge in [-0.05, 0) is 48.6 Å². The van der Waals surface area contributed by atoms with Crippen molar-refractivity contribution in [2.75, 3.05) is 0 Å². The monoisotopic (exact) mass is 292 g/mol. The maximum atomic E-state index is 5.52. The molecule has 0 bridgehead atoms. The van der Waals surface area contributed by atoms with Crippen molar-refractivity contribution in [2.45, 2.75) is 32.0 Å². The molecule has 0 aromatic carbocycles. The lowest BCUT2D eigenvalue weighted by Crippen LogP contribution is -2.39. The summed E-state index contributed by atoms with van der Waals surface area (Å²) < 4.78 is 5.43. The molecule has 0 unspecified atom stereocenters. The van der Waals surface area contributed by atoms with Crippen LogP contribution in [0.4, 0.5) is 0 Å². The van der Waals surface area contributed by atoms with E-state index in [0.717, 1.165) is 17.4 Å². The van der Waals surface area contributed by atoms with Crippen LogP contribution < -0.4 is 5.32 Å². The van der Waals surface area contributed by atoms with Crippen LogP contribution in [0.2, 0.25) is 0 Å². The fraction of sp³-hybridized carbons (Fsp3) is 0.357. The van der Waals surface area contributed by atoms with Crippen LogP contribution in [-0.4, -0.2) is 16.1 Å². The molecule has 3 rings (SSSR count). The van der Waals surface area contributed by atoms with Crippen LogP contribution in [-0.2, 0) is 13.1 Å². The molecule has 1 aliphatic rings. The second kappa shape index (κ2) is 5.75. The minimum atomic E-state index is 0.579. The minimum Gasteiger partial charge on any atom is -0.467 e. The topological polar surface area (TPSA) is 28.4 Å². The Labute approximate surface area is 122 Å². The van der Waals surface area contributed by atoms with Gasteiger partial charge in [0, 0.05) is 10.9 Å². The van der Waals surface area contributed by atoms with Crippen molar-refractivity contribution in [1.29, 1.82) is 0 Å². The Kier molecular flexibility index (Phi) is 3.84. The van der Waals surface area contributed by atoms with E-state index in [1.165, 1.54) is 17.7 Å². The van der Waals surface area contributed by atoms with E-state index in [1.54, 1.807) is 17.6 Å². The second-order valence-corrected chi connectivity index (χ2v) is 6.16. The molecule has 1 N–H and O–H groups in total. The Hall–Kier alpha value is -1.33. The van der Waals surface area contributed by atoms with E-state index in [0.29, 0.717) is 12.6 Å². The molecule has 3 nitrogen and oxygen atoms in total. The van der Waals surface area contributed by atoms with Crippen molar-refractivity contribution in [3.63, 3.8) is 0 Å². The van der Waals surface area contributed by atoms with Gasteiger partial charge in [0.15, 0.2) is 5.11 Å². The third-order valence-electron chi connectivity index (χ3n) is 3.05. The second-order valence-electron chi connectivity index (χ2n) is 4.74. The number of hydrogen-bond donors (Lipinski definition) is 1. The average Bonchev–Trinajstić information content (AvgIpc) is 2.90. The zero-order valence-electron chi connectivity index (χ0n) is 10.5. The Bertz CT molecular complexity index is 481. The SMILES string of the molecule is S=C(NC1CC1)N(Cc1ccco1)Cc1cccs1. The predicted octanol–water partition coefficient (Wildman–Crippen LogP) is 3.38. The molecule has 2 aromatic rings. The maximum Gasteiger partial charge on any atom is 0.169 e. The molecule has 2 heterocycles. The van der Waals surface area contributed by atoms with Crippen LogP contribution in [0, 0.1) is 0 Å². The van der Waals surface area contributed by atoms with E-state index >= 15 is 0 Å². The number of nitrogens with zero attached hydrogens (tertiary/aromatic N) is 1. The van der Waals surface area contributed by atoms with Crippen molar-refractivity contribution in [3.8, 4) is 0 Å². The summed E-state index contributed by atoms with van der Waals surface area (Å²) in [5.41, 5.74) is 0. The van der Waals surface area contributed by atoms with E-state index in [1.807, 2.05) is 12.1 Å². The largest absolute Gasteiger partial charge is 0.467 e. The first-order valence-corrected chi connectivity index (χ1v) is 7.70. The first kappa shape index (κ1) is 12.7. The van der Waals surface area contributed by atoms with E-state index < -0.39 is 0 Å². The fourth-order valence-electron chi connectivity index (χ4n) is 1.87. The normalized spacial score (nSPS) is 14.3. The summed E-state index contributed by atoms with van der Waals surface area (Å²) in [6, 6.07) is 8.69. The highest BCUT2D eigenvalue weighted by atomic mass is 32.1. The molecule has 100 valence electrons. The van der Waals surface area contributed by atoms with Gasteiger partial charge in [-0.25, -0.2) is 0 Å².